The Bertz CT molecular complexity index is 620. The van der Waals surface area contributed by atoms with Crippen LogP contribution in [0.4, 0.5) is 0 Å². The topological polar surface area (TPSA) is 65.1 Å². The van der Waals surface area contributed by atoms with Crippen LogP contribution in [0.15, 0.2) is 23.1 Å². The predicted molar refractivity (Wildman–Crippen MR) is 76.2 cm³/mol. The minimum Gasteiger partial charge on any atom is -0.486 e. The zero-order chi connectivity index (χ0) is 15.0. The van der Waals surface area contributed by atoms with Crippen molar-refractivity contribution in [1.29, 1.82) is 0 Å². The molecule has 0 bridgehead atoms. The highest BCUT2D eigenvalue weighted by Crippen LogP contribution is 2.33. The van der Waals surface area contributed by atoms with Gasteiger partial charge in [-0.1, -0.05) is 0 Å². The van der Waals surface area contributed by atoms with Gasteiger partial charge in [-0.25, -0.2) is 8.42 Å². The standard InChI is InChI=1S/C14H19NO5S/c1-10-8-15(9-11(2)20-10)21(16,17)12-3-4-13-14(7-12)19-6-5-18-13/h3-4,7,10-11H,5-6,8-9H2,1-2H3/t10-,11-/m1/s1. The predicted octanol–water partition coefficient (Wildman–Crippen LogP) is 1.26. The summed E-state index contributed by atoms with van der Waals surface area (Å²) in [5, 5.41) is 0. The lowest BCUT2D eigenvalue weighted by atomic mass is 10.3. The maximum Gasteiger partial charge on any atom is 0.243 e. The summed E-state index contributed by atoms with van der Waals surface area (Å²) >= 11 is 0. The van der Waals surface area contributed by atoms with Crippen molar-refractivity contribution in [3.63, 3.8) is 0 Å². The lowest BCUT2D eigenvalue weighted by molar-refractivity contribution is -0.0440. The molecule has 0 spiro atoms. The van der Waals surface area contributed by atoms with E-state index in [1.165, 1.54) is 10.4 Å². The third-order valence-electron chi connectivity index (χ3n) is 3.54. The van der Waals surface area contributed by atoms with Gasteiger partial charge < -0.3 is 14.2 Å². The van der Waals surface area contributed by atoms with Crippen molar-refractivity contribution < 1.29 is 22.6 Å². The van der Waals surface area contributed by atoms with Crippen molar-refractivity contribution in [1.82, 2.24) is 4.31 Å². The number of ether oxygens (including phenoxy) is 3. The van der Waals surface area contributed by atoms with E-state index in [0.29, 0.717) is 37.8 Å². The molecule has 116 valence electrons. The Morgan fingerprint density at radius 1 is 1.05 bits per heavy atom. The van der Waals surface area contributed by atoms with Gasteiger partial charge in [-0.2, -0.15) is 4.31 Å². The van der Waals surface area contributed by atoms with Gasteiger partial charge >= 0.3 is 0 Å². The molecule has 0 amide bonds. The van der Waals surface area contributed by atoms with Crippen LogP contribution in [0.25, 0.3) is 0 Å². The smallest absolute Gasteiger partial charge is 0.243 e. The molecule has 0 aliphatic carbocycles. The SMILES string of the molecule is C[C@@H]1CN(S(=O)(=O)c2ccc3c(c2)OCCO3)C[C@@H](C)O1. The number of hydrogen-bond acceptors (Lipinski definition) is 5. The largest absolute Gasteiger partial charge is 0.486 e. The molecule has 0 radical (unpaired) electrons. The summed E-state index contributed by atoms with van der Waals surface area (Å²) in [7, 11) is -3.54. The van der Waals surface area contributed by atoms with E-state index in [1.807, 2.05) is 13.8 Å². The van der Waals surface area contributed by atoms with Crippen molar-refractivity contribution in [2.24, 2.45) is 0 Å². The van der Waals surface area contributed by atoms with Crippen molar-refractivity contribution in [2.45, 2.75) is 31.0 Å². The van der Waals surface area contributed by atoms with Crippen LogP contribution < -0.4 is 9.47 Å². The van der Waals surface area contributed by atoms with Gasteiger partial charge in [0.2, 0.25) is 10.0 Å². The zero-order valence-corrected chi connectivity index (χ0v) is 12.9. The molecule has 2 heterocycles. The number of benzene rings is 1. The van der Waals surface area contributed by atoms with Gasteiger partial charge in [0, 0.05) is 19.2 Å². The molecule has 0 unspecified atom stereocenters. The molecular formula is C14H19NO5S. The fourth-order valence-corrected chi connectivity index (χ4v) is 4.27. The van der Waals surface area contributed by atoms with Crippen LogP contribution in [0.2, 0.25) is 0 Å². The van der Waals surface area contributed by atoms with E-state index in [9.17, 15) is 8.42 Å². The second-order valence-corrected chi connectivity index (χ2v) is 7.32. The van der Waals surface area contributed by atoms with E-state index in [4.69, 9.17) is 14.2 Å². The normalized spacial score (nSPS) is 26.6. The molecule has 1 aromatic rings. The van der Waals surface area contributed by atoms with E-state index in [1.54, 1.807) is 12.1 Å². The van der Waals surface area contributed by atoms with E-state index >= 15 is 0 Å². The Labute approximate surface area is 124 Å². The molecule has 0 N–H and O–H groups in total. The van der Waals surface area contributed by atoms with E-state index < -0.39 is 10.0 Å². The van der Waals surface area contributed by atoms with Crippen molar-refractivity contribution in [3.8, 4) is 11.5 Å². The Balaban J connectivity index is 1.91. The first-order valence-corrected chi connectivity index (χ1v) is 8.46. The number of nitrogens with zero attached hydrogens (tertiary/aromatic N) is 1. The number of sulfonamides is 1. The van der Waals surface area contributed by atoms with Gasteiger partial charge in [0.1, 0.15) is 13.2 Å². The lowest BCUT2D eigenvalue weighted by Crippen LogP contribution is -2.48. The van der Waals surface area contributed by atoms with Gasteiger partial charge in [0.25, 0.3) is 0 Å². The summed E-state index contributed by atoms with van der Waals surface area (Å²) < 4.78 is 43.4. The van der Waals surface area contributed by atoms with Crippen LogP contribution in [0.1, 0.15) is 13.8 Å². The van der Waals surface area contributed by atoms with Crippen LogP contribution in [0.5, 0.6) is 11.5 Å². The molecule has 3 rings (SSSR count). The van der Waals surface area contributed by atoms with Crippen LogP contribution in [0, 0.1) is 0 Å². The van der Waals surface area contributed by atoms with Crippen molar-refractivity contribution in [2.75, 3.05) is 26.3 Å². The average Bonchev–Trinajstić information content (AvgIpc) is 2.45. The van der Waals surface area contributed by atoms with Gasteiger partial charge in [-0.15, -0.1) is 0 Å². The summed E-state index contributed by atoms with van der Waals surface area (Å²) in [6.45, 7) is 5.39. The van der Waals surface area contributed by atoms with Crippen LogP contribution >= 0.6 is 0 Å². The molecule has 2 atom stereocenters. The van der Waals surface area contributed by atoms with Gasteiger partial charge in [-0.3, -0.25) is 0 Å². The highest BCUT2D eigenvalue weighted by atomic mass is 32.2. The summed E-state index contributed by atoms with van der Waals surface area (Å²) in [6.07, 6.45) is -0.221. The van der Waals surface area contributed by atoms with Crippen molar-refractivity contribution in [3.05, 3.63) is 18.2 Å². The zero-order valence-electron chi connectivity index (χ0n) is 12.1. The minimum absolute atomic E-state index is 0.110. The lowest BCUT2D eigenvalue weighted by Gasteiger charge is -2.34. The Kier molecular flexibility index (Phi) is 3.81. The molecule has 21 heavy (non-hydrogen) atoms. The van der Waals surface area contributed by atoms with Gasteiger partial charge in [0.15, 0.2) is 11.5 Å². The molecule has 1 aromatic carbocycles. The maximum absolute atomic E-state index is 12.7. The maximum atomic E-state index is 12.7. The monoisotopic (exact) mass is 313 g/mol. The van der Waals surface area contributed by atoms with E-state index in [0.717, 1.165) is 0 Å². The Hall–Kier alpha value is -1.31. The Morgan fingerprint density at radius 2 is 1.67 bits per heavy atom. The molecule has 1 saturated heterocycles. The quantitative estimate of drug-likeness (QED) is 0.822. The van der Waals surface area contributed by atoms with Crippen LogP contribution in [-0.2, 0) is 14.8 Å². The molecule has 2 aliphatic heterocycles. The first-order valence-electron chi connectivity index (χ1n) is 7.02. The highest BCUT2D eigenvalue weighted by molar-refractivity contribution is 7.89. The number of hydrogen-bond donors (Lipinski definition) is 0. The third kappa shape index (κ3) is 2.86. The Morgan fingerprint density at radius 3 is 2.33 bits per heavy atom. The fourth-order valence-electron chi connectivity index (χ4n) is 2.66. The van der Waals surface area contributed by atoms with Gasteiger partial charge in [0.05, 0.1) is 17.1 Å². The molecule has 0 saturated carbocycles. The summed E-state index contributed by atoms with van der Waals surface area (Å²) in [4.78, 5) is 0.230. The average molecular weight is 313 g/mol. The van der Waals surface area contributed by atoms with E-state index in [2.05, 4.69) is 0 Å². The summed E-state index contributed by atoms with van der Waals surface area (Å²) in [6, 6.07) is 4.75. The minimum atomic E-state index is -3.54. The first-order chi connectivity index (χ1) is 9.96. The molecule has 1 fully saturated rings. The molecule has 7 heteroatoms. The molecule has 2 aliphatic rings. The number of rotatable bonds is 2. The fraction of sp³-hybridized carbons (Fsp3) is 0.571. The second kappa shape index (κ2) is 5.47. The third-order valence-corrected chi connectivity index (χ3v) is 5.37. The summed E-state index contributed by atoms with van der Waals surface area (Å²) in [5.74, 6) is 1.07. The number of morpholine rings is 1. The first kappa shape index (κ1) is 14.6. The second-order valence-electron chi connectivity index (χ2n) is 5.38. The molecule has 0 aromatic heterocycles. The molecule has 6 nitrogen and oxygen atoms in total. The van der Waals surface area contributed by atoms with E-state index in [-0.39, 0.29) is 17.1 Å². The number of fused-ring (bicyclic) bond motifs is 1. The molecular weight excluding hydrogens is 294 g/mol. The van der Waals surface area contributed by atoms with Gasteiger partial charge in [-0.05, 0) is 26.0 Å². The van der Waals surface area contributed by atoms with Crippen LogP contribution in [-0.4, -0.2) is 51.2 Å². The van der Waals surface area contributed by atoms with Crippen molar-refractivity contribution >= 4 is 10.0 Å². The highest BCUT2D eigenvalue weighted by Gasteiger charge is 2.32. The van der Waals surface area contributed by atoms with Crippen LogP contribution in [0.3, 0.4) is 0 Å². The summed E-state index contributed by atoms with van der Waals surface area (Å²) in [5.41, 5.74) is 0.